The van der Waals surface area contributed by atoms with E-state index in [-0.39, 0.29) is 23.9 Å². The summed E-state index contributed by atoms with van der Waals surface area (Å²) in [4.78, 5) is 24.3. The molecule has 7 nitrogen and oxygen atoms in total. The van der Waals surface area contributed by atoms with Crippen LogP contribution in [-0.2, 0) is 9.59 Å². The maximum atomic E-state index is 12.1. The van der Waals surface area contributed by atoms with E-state index in [2.05, 4.69) is 21.3 Å². The van der Waals surface area contributed by atoms with E-state index in [0.29, 0.717) is 11.5 Å². The van der Waals surface area contributed by atoms with Gasteiger partial charge in [0.1, 0.15) is 11.5 Å². The number of anilines is 2. The zero-order valence-electron chi connectivity index (χ0n) is 16.2. The van der Waals surface area contributed by atoms with Gasteiger partial charge in [-0.2, -0.15) is 0 Å². The smallest absolute Gasteiger partial charge is 0.241 e. The van der Waals surface area contributed by atoms with Crippen LogP contribution in [0.4, 0.5) is 11.4 Å². The van der Waals surface area contributed by atoms with Crippen LogP contribution >= 0.6 is 0 Å². The van der Waals surface area contributed by atoms with Crippen molar-refractivity contribution >= 4 is 23.2 Å². The van der Waals surface area contributed by atoms with Crippen LogP contribution in [0.1, 0.15) is 25.7 Å². The highest BCUT2D eigenvalue weighted by atomic mass is 16.5. The summed E-state index contributed by atoms with van der Waals surface area (Å²) in [6, 6.07) is 14.4. The summed E-state index contributed by atoms with van der Waals surface area (Å²) in [6.07, 6.45) is 3.82. The molecule has 2 aromatic rings. The Morgan fingerprint density at radius 1 is 0.724 bits per heavy atom. The number of carbonyl (C=O) groups is 2. The minimum Gasteiger partial charge on any atom is -0.457 e. The van der Waals surface area contributed by atoms with E-state index >= 15 is 0 Å². The number of benzene rings is 2. The predicted octanol–water partition coefficient (Wildman–Crippen LogP) is 2.86. The average Bonchev–Trinajstić information content (AvgIpc) is 3.45. The molecule has 2 aliphatic heterocycles. The van der Waals surface area contributed by atoms with Crippen molar-refractivity contribution in [3.63, 3.8) is 0 Å². The SMILES string of the molecule is O=C(Nc1ccc(Oc2ccc(NC(=O)[C@@H]3CCCN3)cc2)cc1)[C@@H]1CCCN1. The lowest BCUT2D eigenvalue weighted by Gasteiger charge is -2.13. The second kappa shape index (κ2) is 9.07. The van der Waals surface area contributed by atoms with E-state index in [9.17, 15) is 9.59 Å². The molecule has 2 heterocycles. The Labute approximate surface area is 170 Å². The lowest BCUT2D eigenvalue weighted by molar-refractivity contribution is -0.118. The fraction of sp³-hybridized carbons (Fsp3) is 0.364. The second-order valence-corrected chi connectivity index (χ2v) is 7.43. The van der Waals surface area contributed by atoms with Crippen LogP contribution in [0.15, 0.2) is 48.5 Å². The predicted molar refractivity (Wildman–Crippen MR) is 112 cm³/mol. The summed E-state index contributed by atoms with van der Waals surface area (Å²) in [5, 5.41) is 12.2. The Bertz CT molecular complexity index is 768. The number of hydrogen-bond donors (Lipinski definition) is 4. The number of amides is 2. The van der Waals surface area contributed by atoms with E-state index < -0.39 is 0 Å². The molecule has 2 saturated heterocycles. The Hall–Kier alpha value is -2.90. The van der Waals surface area contributed by atoms with Crippen LogP contribution in [0, 0.1) is 0 Å². The van der Waals surface area contributed by atoms with Crippen LogP contribution < -0.4 is 26.0 Å². The topological polar surface area (TPSA) is 91.5 Å². The van der Waals surface area contributed by atoms with Gasteiger partial charge in [-0.25, -0.2) is 0 Å². The molecule has 0 radical (unpaired) electrons. The fourth-order valence-electron chi connectivity index (χ4n) is 3.62. The van der Waals surface area contributed by atoms with E-state index in [1.165, 1.54) is 0 Å². The maximum absolute atomic E-state index is 12.1. The second-order valence-electron chi connectivity index (χ2n) is 7.43. The zero-order chi connectivity index (χ0) is 20.1. The van der Waals surface area contributed by atoms with Gasteiger partial charge in [-0.05, 0) is 87.3 Å². The molecule has 0 aromatic heterocycles. The Balaban J connectivity index is 1.29. The van der Waals surface area contributed by atoms with Crippen molar-refractivity contribution in [3.8, 4) is 11.5 Å². The van der Waals surface area contributed by atoms with Gasteiger partial charge in [0.25, 0.3) is 0 Å². The lowest BCUT2D eigenvalue weighted by atomic mass is 10.2. The van der Waals surface area contributed by atoms with E-state index in [0.717, 1.165) is 50.1 Å². The van der Waals surface area contributed by atoms with Crippen LogP contribution in [0.5, 0.6) is 11.5 Å². The maximum Gasteiger partial charge on any atom is 0.241 e. The normalized spacial score (nSPS) is 21.0. The molecule has 2 atom stereocenters. The molecule has 0 unspecified atom stereocenters. The highest BCUT2D eigenvalue weighted by molar-refractivity contribution is 5.95. The Morgan fingerprint density at radius 2 is 1.14 bits per heavy atom. The number of carbonyl (C=O) groups excluding carboxylic acids is 2. The van der Waals surface area contributed by atoms with E-state index in [4.69, 9.17) is 4.74 Å². The molecule has 2 amide bonds. The van der Waals surface area contributed by atoms with Gasteiger partial charge < -0.3 is 26.0 Å². The van der Waals surface area contributed by atoms with Gasteiger partial charge in [-0.15, -0.1) is 0 Å². The van der Waals surface area contributed by atoms with Crippen LogP contribution in [0.2, 0.25) is 0 Å². The standard InChI is InChI=1S/C22H26N4O3/c27-21(19-3-1-13-23-19)25-15-5-9-17(10-6-15)29-18-11-7-16(8-12-18)26-22(28)20-4-2-14-24-20/h5-12,19-20,23-24H,1-4,13-14H2,(H,25,27)(H,26,28)/t19-,20-/m0/s1. The molecule has 0 bridgehead atoms. The molecule has 152 valence electrons. The van der Waals surface area contributed by atoms with Crippen molar-refractivity contribution in [2.24, 2.45) is 0 Å². The van der Waals surface area contributed by atoms with Crippen LogP contribution in [0.3, 0.4) is 0 Å². The molecule has 4 rings (SSSR count). The summed E-state index contributed by atoms with van der Waals surface area (Å²) < 4.78 is 5.85. The first-order chi connectivity index (χ1) is 14.2. The highest BCUT2D eigenvalue weighted by Gasteiger charge is 2.22. The van der Waals surface area contributed by atoms with Gasteiger partial charge in [0, 0.05) is 11.4 Å². The van der Waals surface area contributed by atoms with Gasteiger partial charge in [-0.1, -0.05) is 0 Å². The molecule has 0 aliphatic carbocycles. The van der Waals surface area contributed by atoms with E-state index in [1.807, 2.05) is 48.5 Å². The van der Waals surface area contributed by atoms with Crippen molar-refractivity contribution in [1.82, 2.24) is 10.6 Å². The van der Waals surface area contributed by atoms with Gasteiger partial charge in [0.05, 0.1) is 12.1 Å². The minimum absolute atomic E-state index is 0.00149. The lowest BCUT2D eigenvalue weighted by Crippen LogP contribution is -2.35. The summed E-state index contributed by atoms with van der Waals surface area (Å²) in [5.74, 6) is 1.35. The summed E-state index contributed by atoms with van der Waals surface area (Å²) >= 11 is 0. The molecule has 0 spiro atoms. The largest absolute Gasteiger partial charge is 0.457 e. The molecule has 2 aliphatic rings. The Morgan fingerprint density at radius 3 is 1.48 bits per heavy atom. The quantitative estimate of drug-likeness (QED) is 0.605. The van der Waals surface area contributed by atoms with Crippen molar-refractivity contribution in [3.05, 3.63) is 48.5 Å². The van der Waals surface area contributed by atoms with Gasteiger partial charge in [-0.3, -0.25) is 9.59 Å². The van der Waals surface area contributed by atoms with Crippen LogP contribution in [-0.4, -0.2) is 37.0 Å². The van der Waals surface area contributed by atoms with E-state index in [1.54, 1.807) is 0 Å². The molecular weight excluding hydrogens is 368 g/mol. The Kier molecular flexibility index (Phi) is 6.07. The van der Waals surface area contributed by atoms with Gasteiger partial charge in [0.2, 0.25) is 11.8 Å². The molecule has 2 fully saturated rings. The van der Waals surface area contributed by atoms with Crippen LogP contribution in [0.25, 0.3) is 0 Å². The third-order valence-electron chi connectivity index (χ3n) is 5.23. The van der Waals surface area contributed by atoms with Crippen molar-refractivity contribution in [2.45, 2.75) is 37.8 Å². The number of nitrogens with one attached hydrogen (secondary N) is 4. The average molecular weight is 394 g/mol. The molecule has 29 heavy (non-hydrogen) atoms. The van der Waals surface area contributed by atoms with Crippen molar-refractivity contribution < 1.29 is 14.3 Å². The zero-order valence-corrected chi connectivity index (χ0v) is 16.2. The van der Waals surface area contributed by atoms with Gasteiger partial charge >= 0.3 is 0 Å². The molecule has 2 aromatic carbocycles. The summed E-state index contributed by atoms with van der Waals surface area (Å²) in [7, 11) is 0. The molecular formula is C22H26N4O3. The molecule has 7 heteroatoms. The summed E-state index contributed by atoms with van der Waals surface area (Å²) in [5.41, 5.74) is 1.49. The molecule has 0 saturated carbocycles. The minimum atomic E-state index is -0.102. The highest BCUT2D eigenvalue weighted by Crippen LogP contribution is 2.25. The first-order valence-corrected chi connectivity index (χ1v) is 10.1. The monoisotopic (exact) mass is 394 g/mol. The molecule has 4 N–H and O–H groups in total. The van der Waals surface area contributed by atoms with Crippen molar-refractivity contribution in [2.75, 3.05) is 23.7 Å². The fourth-order valence-corrected chi connectivity index (χ4v) is 3.62. The number of rotatable bonds is 6. The van der Waals surface area contributed by atoms with Crippen molar-refractivity contribution in [1.29, 1.82) is 0 Å². The third-order valence-corrected chi connectivity index (χ3v) is 5.23. The first kappa shape index (κ1) is 19.4. The van der Waals surface area contributed by atoms with Gasteiger partial charge in [0.15, 0.2) is 0 Å². The number of hydrogen-bond acceptors (Lipinski definition) is 5. The third kappa shape index (κ3) is 5.13. The number of ether oxygens (including phenoxy) is 1. The summed E-state index contributed by atoms with van der Waals surface area (Å²) in [6.45, 7) is 1.79. The first-order valence-electron chi connectivity index (χ1n) is 10.1.